The maximum Gasteiger partial charge on any atom is 0.330 e. The predicted molar refractivity (Wildman–Crippen MR) is 141 cm³/mol. The highest BCUT2D eigenvalue weighted by atomic mass is 16.5. The zero-order chi connectivity index (χ0) is 27.6. The third-order valence-corrected chi connectivity index (χ3v) is 7.58. The second kappa shape index (κ2) is 10.9. The van der Waals surface area contributed by atoms with Crippen molar-refractivity contribution in [1.82, 2.24) is 25.1 Å². The Kier molecular flexibility index (Phi) is 7.40. The van der Waals surface area contributed by atoms with E-state index in [4.69, 9.17) is 9.47 Å². The number of urea groups is 1. The van der Waals surface area contributed by atoms with Crippen LogP contribution in [0.3, 0.4) is 0 Å². The molecule has 1 aromatic heterocycles. The quantitative estimate of drug-likeness (QED) is 0.559. The number of aliphatic carboxylic acids is 1. The van der Waals surface area contributed by atoms with Crippen LogP contribution < -0.4 is 14.8 Å². The fourth-order valence-electron chi connectivity index (χ4n) is 5.28. The second-order valence-electron chi connectivity index (χ2n) is 10.3. The lowest BCUT2D eigenvalue weighted by atomic mass is 10.1. The first-order valence-electron chi connectivity index (χ1n) is 13.2. The van der Waals surface area contributed by atoms with Crippen molar-refractivity contribution in [3.8, 4) is 23.1 Å². The summed E-state index contributed by atoms with van der Waals surface area (Å²) < 4.78 is 11.5. The molecule has 2 aromatic rings. The number of carbonyl (C=O) groups excluding carboxylic acids is 2. The minimum Gasteiger partial charge on any atom is -0.479 e. The van der Waals surface area contributed by atoms with Crippen molar-refractivity contribution in [3.05, 3.63) is 48.6 Å². The van der Waals surface area contributed by atoms with Gasteiger partial charge in [0, 0.05) is 37.6 Å². The SMILES string of the molecule is COc1nc(O[C@@H]2C[C@H]3C(=O)N[C@]4(C(=O)O)C[C@H]4/C=C\CCCCN(C)C(=O)N3C2)cc(-c2ccccc2)n1. The van der Waals surface area contributed by atoms with E-state index in [2.05, 4.69) is 15.3 Å². The summed E-state index contributed by atoms with van der Waals surface area (Å²) in [6.07, 6.45) is 6.30. The standard InChI is InChI=1S/C28H33N5O6/c1-32-13-9-4-3-8-12-19-16-28(19,25(35)36)31-24(34)22-14-20(17-33(22)27(32)37)39-23-15-21(29-26(30-23)38-2)18-10-6-5-7-11-18/h5-8,10-12,15,19-20,22H,3-4,9,13-14,16-17H2,1-2H3,(H,31,34)(H,35,36)/b12-8-/t19-,20-,22+,28-/m1/s1. The number of methoxy groups -OCH3 is 1. The number of nitrogens with one attached hydrogen (secondary N) is 1. The molecule has 206 valence electrons. The van der Waals surface area contributed by atoms with Crippen molar-refractivity contribution in [2.24, 2.45) is 5.92 Å². The van der Waals surface area contributed by atoms with Gasteiger partial charge in [-0.2, -0.15) is 9.97 Å². The first kappa shape index (κ1) is 26.5. The molecule has 1 aromatic carbocycles. The Labute approximate surface area is 226 Å². The number of benzene rings is 1. The first-order chi connectivity index (χ1) is 18.8. The van der Waals surface area contributed by atoms with Gasteiger partial charge >= 0.3 is 18.0 Å². The maximum absolute atomic E-state index is 13.5. The number of hydrogen-bond donors (Lipinski definition) is 2. The molecule has 2 N–H and O–H groups in total. The molecule has 4 atom stereocenters. The molecule has 3 amide bonds. The molecule has 0 spiro atoms. The zero-order valence-electron chi connectivity index (χ0n) is 22.1. The highest BCUT2D eigenvalue weighted by Gasteiger charge is 2.61. The molecule has 3 heterocycles. The predicted octanol–water partition coefficient (Wildman–Crippen LogP) is 2.73. The number of carboxylic acid groups (broad SMARTS) is 1. The van der Waals surface area contributed by atoms with E-state index in [1.165, 1.54) is 12.0 Å². The molecule has 0 radical (unpaired) electrons. The number of rotatable bonds is 5. The summed E-state index contributed by atoms with van der Waals surface area (Å²) in [4.78, 5) is 50.9. The van der Waals surface area contributed by atoms with Crippen molar-refractivity contribution < 1.29 is 29.0 Å². The van der Waals surface area contributed by atoms with E-state index in [0.29, 0.717) is 18.7 Å². The van der Waals surface area contributed by atoms with E-state index in [9.17, 15) is 19.5 Å². The number of nitrogens with zero attached hydrogens (tertiary/aromatic N) is 4. The third-order valence-electron chi connectivity index (χ3n) is 7.58. The normalized spacial score (nSPS) is 28.0. The van der Waals surface area contributed by atoms with Gasteiger partial charge in [-0.25, -0.2) is 9.59 Å². The van der Waals surface area contributed by atoms with E-state index in [1.54, 1.807) is 18.0 Å². The topological polar surface area (TPSA) is 134 Å². The lowest BCUT2D eigenvalue weighted by Crippen LogP contribution is -2.54. The van der Waals surface area contributed by atoms with Gasteiger partial charge < -0.3 is 29.7 Å². The van der Waals surface area contributed by atoms with Crippen molar-refractivity contribution in [2.75, 3.05) is 27.2 Å². The van der Waals surface area contributed by atoms with Crippen molar-refractivity contribution in [2.45, 2.75) is 49.8 Å². The summed E-state index contributed by atoms with van der Waals surface area (Å²) in [5.74, 6) is -1.58. The molecule has 2 aliphatic heterocycles. The van der Waals surface area contributed by atoms with Crippen LogP contribution in [0.1, 0.15) is 32.1 Å². The van der Waals surface area contributed by atoms with Gasteiger partial charge in [0.25, 0.3) is 0 Å². The average Bonchev–Trinajstić information content (AvgIpc) is 3.48. The summed E-state index contributed by atoms with van der Waals surface area (Å²) >= 11 is 0. The summed E-state index contributed by atoms with van der Waals surface area (Å²) in [5, 5.41) is 12.7. The summed E-state index contributed by atoms with van der Waals surface area (Å²) in [6, 6.07) is 10.2. The second-order valence-corrected chi connectivity index (χ2v) is 10.3. The molecule has 1 aliphatic carbocycles. The highest BCUT2D eigenvalue weighted by Crippen LogP contribution is 2.45. The number of ether oxygens (including phenoxy) is 2. The van der Waals surface area contributed by atoms with E-state index >= 15 is 0 Å². The first-order valence-corrected chi connectivity index (χ1v) is 13.2. The van der Waals surface area contributed by atoms with Gasteiger partial charge in [0.2, 0.25) is 11.8 Å². The van der Waals surface area contributed by atoms with Gasteiger partial charge in [0.1, 0.15) is 17.7 Å². The van der Waals surface area contributed by atoms with Crippen LogP contribution in [0.4, 0.5) is 4.79 Å². The molecular formula is C28H33N5O6. The summed E-state index contributed by atoms with van der Waals surface area (Å²) in [7, 11) is 3.18. The Morgan fingerprint density at radius 1 is 1.18 bits per heavy atom. The number of allylic oxidation sites excluding steroid dienone is 1. The average molecular weight is 536 g/mol. The number of hydrogen-bond acceptors (Lipinski definition) is 7. The van der Waals surface area contributed by atoms with Gasteiger partial charge in [-0.3, -0.25) is 4.79 Å². The zero-order valence-corrected chi connectivity index (χ0v) is 22.1. The Morgan fingerprint density at radius 2 is 1.97 bits per heavy atom. The number of fused-ring (bicyclic) bond motifs is 2. The molecule has 1 saturated carbocycles. The fourth-order valence-corrected chi connectivity index (χ4v) is 5.28. The van der Waals surface area contributed by atoms with Crippen LogP contribution in [-0.2, 0) is 9.59 Å². The molecule has 3 aliphatic rings. The van der Waals surface area contributed by atoms with Crippen molar-refractivity contribution in [3.63, 3.8) is 0 Å². The summed E-state index contributed by atoms with van der Waals surface area (Å²) in [5.41, 5.74) is 0.121. The number of carbonyl (C=O) groups is 3. The Morgan fingerprint density at radius 3 is 2.72 bits per heavy atom. The lowest BCUT2D eigenvalue weighted by Gasteiger charge is -2.29. The van der Waals surface area contributed by atoms with Crippen LogP contribution in [0, 0.1) is 5.92 Å². The highest BCUT2D eigenvalue weighted by molar-refractivity contribution is 5.94. The Hall–Kier alpha value is -4.15. The Bertz CT molecular complexity index is 1270. The van der Waals surface area contributed by atoms with Gasteiger partial charge in [-0.1, -0.05) is 42.5 Å². The van der Waals surface area contributed by atoms with Gasteiger partial charge in [0.05, 0.1) is 19.3 Å². The molecule has 11 nitrogen and oxygen atoms in total. The van der Waals surface area contributed by atoms with Crippen LogP contribution in [0.2, 0.25) is 0 Å². The summed E-state index contributed by atoms with van der Waals surface area (Å²) in [6.45, 7) is 0.701. The van der Waals surface area contributed by atoms with Gasteiger partial charge in [-0.15, -0.1) is 0 Å². The van der Waals surface area contributed by atoms with Crippen LogP contribution in [0.25, 0.3) is 11.3 Å². The largest absolute Gasteiger partial charge is 0.479 e. The molecule has 11 heteroatoms. The van der Waals surface area contributed by atoms with Crippen LogP contribution in [0.5, 0.6) is 11.9 Å². The minimum absolute atomic E-state index is 0.132. The van der Waals surface area contributed by atoms with Crippen LogP contribution in [0.15, 0.2) is 48.6 Å². The molecule has 0 unspecified atom stereocenters. The molecule has 2 fully saturated rings. The van der Waals surface area contributed by atoms with Crippen molar-refractivity contribution >= 4 is 17.9 Å². The molecular weight excluding hydrogens is 502 g/mol. The molecule has 1 saturated heterocycles. The maximum atomic E-state index is 13.5. The monoisotopic (exact) mass is 535 g/mol. The molecule has 0 bridgehead atoms. The smallest absolute Gasteiger partial charge is 0.330 e. The van der Waals surface area contributed by atoms with E-state index in [0.717, 1.165) is 24.8 Å². The van der Waals surface area contributed by atoms with E-state index in [-0.39, 0.29) is 36.8 Å². The Balaban J connectivity index is 1.40. The van der Waals surface area contributed by atoms with Gasteiger partial charge in [-0.05, 0) is 25.7 Å². The molecule has 5 rings (SSSR count). The lowest BCUT2D eigenvalue weighted by molar-refractivity contribution is -0.144. The van der Waals surface area contributed by atoms with E-state index < -0.39 is 29.6 Å². The third kappa shape index (κ3) is 5.52. The number of carboxylic acids is 1. The van der Waals surface area contributed by atoms with E-state index in [1.807, 2.05) is 42.5 Å². The minimum atomic E-state index is -1.35. The number of aromatic nitrogens is 2. The van der Waals surface area contributed by atoms with Crippen LogP contribution in [-0.4, -0.2) is 87.7 Å². The molecule has 39 heavy (non-hydrogen) atoms. The number of amides is 3. The van der Waals surface area contributed by atoms with Crippen molar-refractivity contribution in [1.29, 1.82) is 0 Å². The van der Waals surface area contributed by atoms with Crippen LogP contribution >= 0.6 is 0 Å². The fraction of sp³-hybridized carbons (Fsp3) is 0.464. The van der Waals surface area contributed by atoms with Gasteiger partial charge in [0.15, 0.2) is 0 Å².